The second kappa shape index (κ2) is 6.34. The Bertz CT molecular complexity index is 99.5. The molecule has 11 heavy (non-hydrogen) atoms. The molecule has 0 fully saturated rings. The van der Waals surface area contributed by atoms with Crippen LogP contribution in [-0.2, 0) is 4.74 Å². The summed E-state index contributed by atoms with van der Waals surface area (Å²) < 4.78 is 5.20. The van der Waals surface area contributed by atoms with Crippen LogP contribution in [0, 0.1) is 5.92 Å². The minimum Gasteiger partial charge on any atom is -0.396 e. The zero-order valence-corrected chi connectivity index (χ0v) is 6.86. The summed E-state index contributed by atoms with van der Waals surface area (Å²) in [6, 6.07) is 0. The van der Waals surface area contributed by atoms with Crippen LogP contribution in [0.3, 0.4) is 0 Å². The molecule has 0 spiro atoms. The van der Waals surface area contributed by atoms with Crippen LogP contribution in [-0.4, -0.2) is 36.1 Å². The van der Waals surface area contributed by atoms with Gasteiger partial charge in [-0.05, 0) is 6.92 Å². The minimum atomic E-state index is -0.185. The number of rotatable bonds is 6. The zero-order chi connectivity index (χ0) is 8.69. The summed E-state index contributed by atoms with van der Waals surface area (Å²) in [5.74, 6) is -0.185. The van der Waals surface area contributed by atoms with Crippen molar-refractivity contribution in [3.05, 3.63) is 12.7 Å². The van der Waals surface area contributed by atoms with Crippen molar-refractivity contribution in [1.29, 1.82) is 0 Å². The number of aliphatic hydroxyl groups is 2. The fourth-order valence-corrected chi connectivity index (χ4v) is 0.711. The summed E-state index contributed by atoms with van der Waals surface area (Å²) in [6.07, 6.45) is 1.52. The van der Waals surface area contributed by atoms with E-state index in [1.165, 1.54) is 0 Å². The maximum absolute atomic E-state index is 8.73. The van der Waals surface area contributed by atoms with Crippen LogP contribution >= 0.6 is 0 Å². The highest BCUT2D eigenvalue weighted by atomic mass is 16.5. The van der Waals surface area contributed by atoms with Crippen molar-refractivity contribution in [3.8, 4) is 0 Å². The third-order valence-electron chi connectivity index (χ3n) is 1.61. The van der Waals surface area contributed by atoms with Crippen LogP contribution in [0.25, 0.3) is 0 Å². The van der Waals surface area contributed by atoms with Gasteiger partial charge in [0.15, 0.2) is 0 Å². The van der Waals surface area contributed by atoms with Gasteiger partial charge in [0, 0.05) is 5.92 Å². The molecule has 0 aliphatic rings. The van der Waals surface area contributed by atoms with E-state index < -0.39 is 0 Å². The summed E-state index contributed by atoms with van der Waals surface area (Å²) in [7, 11) is 0. The molecule has 2 N–H and O–H groups in total. The van der Waals surface area contributed by atoms with E-state index in [4.69, 9.17) is 14.9 Å². The van der Waals surface area contributed by atoms with Gasteiger partial charge in [0.2, 0.25) is 0 Å². The third kappa shape index (κ3) is 4.14. The van der Waals surface area contributed by atoms with Gasteiger partial charge >= 0.3 is 0 Å². The molecular weight excluding hydrogens is 144 g/mol. The average Bonchev–Trinajstić information content (AvgIpc) is 2.03. The maximum Gasteiger partial charge on any atom is 0.0648 e. The van der Waals surface area contributed by atoms with Gasteiger partial charge in [-0.2, -0.15) is 0 Å². The van der Waals surface area contributed by atoms with Gasteiger partial charge in [-0.3, -0.25) is 0 Å². The molecule has 0 saturated carbocycles. The van der Waals surface area contributed by atoms with E-state index in [-0.39, 0.29) is 25.2 Å². The van der Waals surface area contributed by atoms with E-state index in [2.05, 4.69) is 6.58 Å². The Hall–Kier alpha value is -0.380. The van der Waals surface area contributed by atoms with Crippen molar-refractivity contribution >= 4 is 0 Å². The fraction of sp³-hybridized carbons (Fsp3) is 0.750. The molecule has 0 aromatic carbocycles. The molecule has 0 bridgehead atoms. The second-order valence-corrected chi connectivity index (χ2v) is 2.45. The van der Waals surface area contributed by atoms with E-state index in [1.54, 1.807) is 6.08 Å². The van der Waals surface area contributed by atoms with Gasteiger partial charge in [-0.1, -0.05) is 6.08 Å². The second-order valence-electron chi connectivity index (χ2n) is 2.45. The third-order valence-corrected chi connectivity index (χ3v) is 1.61. The molecule has 0 amide bonds. The molecule has 0 aliphatic carbocycles. The van der Waals surface area contributed by atoms with E-state index in [9.17, 15) is 0 Å². The Labute approximate surface area is 67.3 Å². The van der Waals surface area contributed by atoms with Gasteiger partial charge < -0.3 is 14.9 Å². The molecule has 0 rings (SSSR count). The van der Waals surface area contributed by atoms with Crippen LogP contribution in [0.1, 0.15) is 6.92 Å². The Morgan fingerprint density at radius 1 is 1.45 bits per heavy atom. The molecule has 1 atom stereocenters. The highest BCUT2D eigenvalue weighted by molar-refractivity contribution is 4.69. The topological polar surface area (TPSA) is 49.7 Å². The number of ether oxygens (including phenoxy) is 1. The lowest BCUT2D eigenvalue weighted by molar-refractivity contribution is -0.00306. The van der Waals surface area contributed by atoms with Gasteiger partial charge in [-0.15, -0.1) is 6.58 Å². The van der Waals surface area contributed by atoms with Gasteiger partial charge in [0.1, 0.15) is 0 Å². The van der Waals surface area contributed by atoms with E-state index in [0.29, 0.717) is 6.61 Å². The van der Waals surface area contributed by atoms with Crippen LogP contribution in [0.15, 0.2) is 12.7 Å². The van der Waals surface area contributed by atoms with Crippen molar-refractivity contribution in [3.63, 3.8) is 0 Å². The monoisotopic (exact) mass is 160 g/mol. The van der Waals surface area contributed by atoms with E-state index >= 15 is 0 Å². The molecule has 0 heterocycles. The highest BCUT2D eigenvalue weighted by Crippen LogP contribution is 2.05. The molecule has 0 aromatic rings. The highest BCUT2D eigenvalue weighted by Gasteiger charge is 2.14. The number of hydrogen-bond donors (Lipinski definition) is 2. The van der Waals surface area contributed by atoms with Crippen LogP contribution in [0.4, 0.5) is 0 Å². The Morgan fingerprint density at radius 3 is 2.36 bits per heavy atom. The molecule has 0 radical (unpaired) electrons. The van der Waals surface area contributed by atoms with Gasteiger partial charge in [0.25, 0.3) is 0 Å². The zero-order valence-electron chi connectivity index (χ0n) is 6.86. The molecule has 0 aliphatic heterocycles. The van der Waals surface area contributed by atoms with Gasteiger partial charge in [-0.25, -0.2) is 0 Å². The van der Waals surface area contributed by atoms with Crippen LogP contribution < -0.4 is 0 Å². The predicted octanol–water partition coefficient (Wildman–Crippen LogP) is 0.178. The maximum atomic E-state index is 8.73. The molecular formula is C8H16O3. The molecule has 1 unspecified atom stereocenters. The summed E-state index contributed by atoms with van der Waals surface area (Å²) in [5.41, 5.74) is 0. The first-order chi connectivity index (χ1) is 5.26. The van der Waals surface area contributed by atoms with Crippen molar-refractivity contribution in [2.45, 2.75) is 13.0 Å². The van der Waals surface area contributed by atoms with E-state index in [1.807, 2.05) is 6.92 Å². The SMILES string of the molecule is C=CCOC(C)C(CO)CO. The predicted molar refractivity (Wildman–Crippen MR) is 43.3 cm³/mol. The summed E-state index contributed by atoms with van der Waals surface area (Å²) in [4.78, 5) is 0. The number of aliphatic hydroxyl groups excluding tert-OH is 2. The smallest absolute Gasteiger partial charge is 0.0648 e. The van der Waals surface area contributed by atoms with Crippen molar-refractivity contribution in [2.75, 3.05) is 19.8 Å². The lowest BCUT2D eigenvalue weighted by Gasteiger charge is -2.19. The lowest BCUT2D eigenvalue weighted by Crippen LogP contribution is -2.27. The van der Waals surface area contributed by atoms with Crippen LogP contribution in [0.2, 0.25) is 0 Å². The summed E-state index contributed by atoms with van der Waals surface area (Å²) >= 11 is 0. The fourth-order valence-electron chi connectivity index (χ4n) is 0.711. The van der Waals surface area contributed by atoms with E-state index in [0.717, 1.165) is 0 Å². The lowest BCUT2D eigenvalue weighted by atomic mass is 10.1. The number of hydrogen-bond acceptors (Lipinski definition) is 3. The first kappa shape index (κ1) is 10.6. The molecule has 66 valence electrons. The van der Waals surface area contributed by atoms with Gasteiger partial charge in [0.05, 0.1) is 25.9 Å². The molecule has 0 aromatic heterocycles. The molecule has 3 heteroatoms. The van der Waals surface area contributed by atoms with Crippen molar-refractivity contribution in [1.82, 2.24) is 0 Å². The minimum absolute atomic E-state index is 0.0468. The largest absolute Gasteiger partial charge is 0.396 e. The summed E-state index contributed by atoms with van der Waals surface area (Å²) in [6.45, 7) is 5.68. The Kier molecular flexibility index (Phi) is 6.12. The molecule has 3 nitrogen and oxygen atoms in total. The normalized spacial score (nSPS) is 13.5. The Balaban J connectivity index is 3.59. The standard InChI is InChI=1S/C8H16O3/c1-3-4-11-7(2)8(5-9)6-10/h3,7-10H,1,4-6H2,2H3. The van der Waals surface area contributed by atoms with Crippen LogP contribution in [0.5, 0.6) is 0 Å². The first-order valence-corrected chi connectivity index (χ1v) is 3.70. The summed E-state index contributed by atoms with van der Waals surface area (Å²) in [5, 5.41) is 17.5. The van der Waals surface area contributed by atoms with Crippen molar-refractivity contribution < 1.29 is 14.9 Å². The first-order valence-electron chi connectivity index (χ1n) is 3.70. The quantitative estimate of drug-likeness (QED) is 0.545. The average molecular weight is 160 g/mol. The van der Waals surface area contributed by atoms with Crippen molar-refractivity contribution in [2.24, 2.45) is 5.92 Å². The Morgan fingerprint density at radius 2 is 2.00 bits per heavy atom. The molecule has 0 saturated heterocycles.